The fraction of sp³-hybridized carbons (Fsp3) is 0.667. The summed E-state index contributed by atoms with van der Waals surface area (Å²) in [5.74, 6) is 0.996. The molecule has 4 heteroatoms. The van der Waals surface area contributed by atoms with E-state index in [9.17, 15) is 4.79 Å². The fourth-order valence-electron chi connectivity index (χ4n) is 4.25. The van der Waals surface area contributed by atoms with Gasteiger partial charge in [0.25, 0.3) is 0 Å². The molecule has 2 atom stereocenters. The maximum atomic E-state index is 12.6. The van der Waals surface area contributed by atoms with E-state index in [1.165, 1.54) is 18.4 Å². The molecule has 2 bridgehead atoms. The lowest BCUT2D eigenvalue weighted by Crippen LogP contribution is -2.43. The molecule has 3 fully saturated rings. The monoisotopic (exact) mass is 344 g/mol. The predicted octanol–water partition coefficient (Wildman–Crippen LogP) is 3.32. The Balaban J connectivity index is 1.51. The van der Waals surface area contributed by atoms with Crippen molar-refractivity contribution in [1.29, 1.82) is 0 Å². The predicted molar refractivity (Wildman–Crippen MR) is 100 cm³/mol. The third-order valence-electron chi connectivity index (χ3n) is 5.65. The van der Waals surface area contributed by atoms with E-state index in [1.54, 1.807) is 7.11 Å². The van der Waals surface area contributed by atoms with E-state index in [2.05, 4.69) is 40.1 Å². The van der Waals surface area contributed by atoms with Gasteiger partial charge in [-0.2, -0.15) is 0 Å². The zero-order chi connectivity index (χ0) is 17.5. The third kappa shape index (κ3) is 5.29. The maximum absolute atomic E-state index is 12.6. The molecule has 4 rings (SSSR count). The Hall–Kier alpha value is -1.39. The molecule has 0 unspecified atom stereocenters. The largest absolute Gasteiger partial charge is 0.385 e. The van der Waals surface area contributed by atoms with Crippen LogP contribution in [0.2, 0.25) is 0 Å². The van der Waals surface area contributed by atoms with Crippen molar-refractivity contribution in [2.75, 3.05) is 33.4 Å². The van der Waals surface area contributed by atoms with E-state index in [4.69, 9.17) is 4.74 Å². The summed E-state index contributed by atoms with van der Waals surface area (Å²) >= 11 is 0. The first-order valence-electron chi connectivity index (χ1n) is 9.81. The van der Waals surface area contributed by atoms with Gasteiger partial charge in [-0.1, -0.05) is 36.8 Å². The van der Waals surface area contributed by atoms with Crippen molar-refractivity contribution in [3.8, 4) is 0 Å². The molecule has 3 aliphatic heterocycles. The van der Waals surface area contributed by atoms with Crippen molar-refractivity contribution in [2.45, 2.75) is 51.1 Å². The van der Waals surface area contributed by atoms with Crippen LogP contribution in [-0.4, -0.2) is 55.1 Å². The summed E-state index contributed by atoms with van der Waals surface area (Å²) in [5.41, 5.74) is 1.38. The number of rotatable bonds is 8. The van der Waals surface area contributed by atoms with Gasteiger partial charge in [0.1, 0.15) is 0 Å². The summed E-state index contributed by atoms with van der Waals surface area (Å²) in [6.45, 7) is 4.83. The van der Waals surface area contributed by atoms with Gasteiger partial charge in [-0.3, -0.25) is 9.69 Å². The molecule has 1 aromatic carbocycles. The van der Waals surface area contributed by atoms with Gasteiger partial charge in [0.2, 0.25) is 5.91 Å². The quantitative estimate of drug-likeness (QED) is 0.678. The second-order valence-corrected chi connectivity index (χ2v) is 7.61. The highest BCUT2D eigenvalue weighted by atomic mass is 16.5. The normalized spacial score (nSPS) is 23.6. The van der Waals surface area contributed by atoms with Crippen molar-refractivity contribution in [2.24, 2.45) is 5.92 Å². The average Bonchev–Trinajstić information content (AvgIpc) is 2.94. The van der Waals surface area contributed by atoms with Crippen LogP contribution in [-0.2, 0) is 16.1 Å². The van der Waals surface area contributed by atoms with Crippen LogP contribution in [0, 0.1) is 5.92 Å². The van der Waals surface area contributed by atoms with E-state index in [-0.39, 0.29) is 0 Å². The minimum Gasteiger partial charge on any atom is -0.385 e. The summed E-state index contributed by atoms with van der Waals surface area (Å²) in [4.78, 5) is 17.4. The number of nitrogens with zero attached hydrogens (tertiary/aromatic N) is 2. The number of fused-ring (bicyclic) bond motifs is 4. The number of amides is 1. The van der Waals surface area contributed by atoms with Gasteiger partial charge in [-0.25, -0.2) is 0 Å². The van der Waals surface area contributed by atoms with E-state index < -0.39 is 0 Å². The van der Waals surface area contributed by atoms with Crippen LogP contribution < -0.4 is 0 Å². The van der Waals surface area contributed by atoms with Crippen LogP contribution >= 0.6 is 0 Å². The minimum absolute atomic E-state index is 0.357. The van der Waals surface area contributed by atoms with Gasteiger partial charge in [0.15, 0.2) is 0 Å². The van der Waals surface area contributed by atoms with E-state index in [0.717, 1.165) is 52.0 Å². The number of ether oxygens (including phenoxy) is 1. The SMILES string of the molecule is COCCCCCC(=O)N1C[C@@H]2CC[C@H](C1)N(Cc1ccccc1)C2. The molecule has 138 valence electrons. The molecule has 1 aromatic rings. The molecule has 0 saturated carbocycles. The van der Waals surface area contributed by atoms with Crippen LogP contribution in [0.5, 0.6) is 0 Å². The summed E-state index contributed by atoms with van der Waals surface area (Å²) in [5, 5.41) is 0. The van der Waals surface area contributed by atoms with Crippen molar-refractivity contribution >= 4 is 5.91 Å². The second kappa shape index (κ2) is 9.35. The number of methoxy groups -OCH3 is 1. The highest BCUT2D eigenvalue weighted by Crippen LogP contribution is 2.29. The van der Waals surface area contributed by atoms with Crippen LogP contribution in [0.25, 0.3) is 0 Å². The Morgan fingerprint density at radius 3 is 2.72 bits per heavy atom. The Morgan fingerprint density at radius 2 is 1.92 bits per heavy atom. The maximum Gasteiger partial charge on any atom is 0.222 e. The summed E-state index contributed by atoms with van der Waals surface area (Å²) in [6, 6.07) is 11.3. The average molecular weight is 344 g/mol. The first-order valence-corrected chi connectivity index (χ1v) is 9.81. The molecule has 0 N–H and O–H groups in total. The first kappa shape index (κ1) is 18.4. The summed E-state index contributed by atoms with van der Waals surface area (Å²) in [7, 11) is 1.74. The van der Waals surface area contributed by atoms with Crippen LogP contribution in [0.4, 0.5) is 0 Å². The van der Waals surface area contributed by atoms with E-state index in [1.807, 2.05) is 0 Å². The van der Waals surface area contributed by atoms with Crippen LogP contribution in [0.15, 0.2) is 30.3 Å². The highest BCUT2D eigenvalue weighted by Gasteiger charge is 2.36. The molecule has 4 nitrogen and oxygen atoms in total. The lowest BCUT2D eigenvalue weighted by molar-refractivity contribution is -0.131. The zero-order valence-electron chi connectivity index (χ0n) is 15.5. The Bertz CT molecular complexity index is 534. The highest BCUT2D eigenvalue weighted by molar-refractivity contribution is 5.76. The molecule has 0 spiro atoms. The number of carbonyl (C=O) groups excluding carboxylic acids is 1. The smallest absolute Gasteiger partial charge is 0.222 e. The summed E-state index contributed by atoms with van der Waals surface area (Å²) < 4.78 is 5.08. The van der Waals surface area contributed by atoms with Gasteiger partial charge in [0.05, 0.1) is 0 Å². The lowest BCUT2D eigenvalue weighted by Gasteiger charge is -2.36. The van der Waals surface area contributed by atoms with E-state index >= 15 is 0 Å². The van der Waals surface area contributed by atoms with Gasteiger partial charge >= 0.3 is 0 Å². The number of carbonyl (C=O) groups is 1. The number of hydrogen-bond acceptors (Lipinski definition) is 3. The Kier molecular flexibility index (Phi) is 6.88. The van der Waals surface area contributed by atoms with Gasteiger partial charge in [-0.05, 0) is 37.2 Å². The summed E-state index contributed by atoms with van der Waals surface area (Å²) in [6.07, 6.45) is 6.33. The molecule has 0 aliphatic carbocycles. The molecule has 0 aromatic heterocycles. The molecule has 1 amide bonds. The van der Waals surface area contributed by atoms with Crippen molar-refractivity contribution in [3.05, 3.63) is 35.9 Å². The third-order valence-corrected chi connectivity index (χ3v) is 5.65. The molecule has 3 heterocycles. The molecular weight excluding hydrogens is 312 g/mol. The van der Waals surface area contributed by atoms with Crippen molar-refractivity contribution in [1.82, 2.24) is 9.80 Å². The number of hydrogen-bond donors (Lipinski definition) is 0. The fourth-order valence-corrected chi connectivity index (χ4v) is 4.25. The van der Waals surface area contributed by atoms with Crippen molar-refractivity contribution < 1.29 is 9.53 Å². The minimum atomic E-state index is 0.357. The topological polar surface area (TPSA) is 32.8 Å². The van der Waals surface area contributed by atoms with Crippen LogP contribution in [0.3, 0.4) is 0 Å². The zero-order valence-corrected chi connectivity index (χ0v) is 15.5. The molecule has 0 radical (unpaired) electrons. The number of benzene rings is 1. The number of piperidine rings is 1. The first-order chi connectivity index (χ1) is 12.3. The number of unbranched alkanes of at least 4 members (excludes halogenated alkanes) is 2. The van der Waals surface area contributed by atoms with Gasteiger partial charge < -0.3 is 9.64 Å². The molecule has 3 aliphatic rings. The Labute approximate surface area is 152 Å². The molecule has 25 heavy (non-hydrogen) atoms. The van der Waals surface area contributed by atoms with E-state index in [0.29, 0.717) is 24.3 Å². The second-order valence-electron chi connectivity index (χ2n) is 7.61. The van der Waals surface area contributed by atoms with Crippen LogP contribution in [0.1, 0.15) is 44.1 Å². The molecule has 3 saturated heterocycles. The molecular formula is C21H32N2O2. The standard InChI is InChI=1S/C21H32N2O2/c1-25-13-7-3-6-10-21(24)23-16-19-11-12-20(17-23)22(15-19)14-18-8-4-2-5-9-18/h2,4-5,8-9,19-20H,3,6-7,10-17H2,1H3/t19-,20-/m1/s1. The Morgan fingerprint density at radius 1 is 1.08 bits per heavy atom. The van der Waals surface area contributed by atoms with Gasteiger partial charge in [0, 0.05) is 52.4 Å². The van der Waals surface area contributed by atoms with Crippen molar-refractivity contribution in [3.63, 3.8) is 0 Å². The lowest BCUT2D eigenvalue weighted by atomic mass is 9.94. The van der Waals surface area contributed by atoms with Gasteiger partial charge in [-0.15, -0.1) is 0 Å².